The van der Waals surface area contributed by atoms with E-state index in [1.165, 1.54) is 6.20 Å². The zero-order valence-electron chi connectivity index (χ0n) is 7.75. The molecule has 4 heteroatoms. The summed E-state index contributed by atoms with van der Waals surface area (Å²) in [5.74, 6) is 0. The van der Waals surface area contributed by atoms with Gasteiger partial charge in [-0.25, -0.2) is 4.98 Å². The molecule has 0 radical (unpaired) electrons. The van der Waals surface area contributed by atoms with Gasteiger partial charge in [-0.2, -0.15) is 0 Å². The van der Waals surface area contributed by atoms with E-state index in [0.29, 0.717) is 23.8 Å². The zero-order valence-corrected chi connectivity index (χ0v) is 7.75. The lowest BCUT2D eigenvalue weighted by Crippen LogP contribution is -1.98. The second kappa shape index (κ2) is 3.88. The van der Waals surface area contributed by atoms with Gasteiger partial charge in [0.15, 0.2) is 6.29 Å². The Morgan fingerprint density at radius 1 is 1.27 bits per heavy atom. The lowest BCUT2D eigenvalue weighted by molar-refractivity contribution is -0.273. The van der Waals surface area contributed by atoms with E-state index in [-0.39, 0.29) is 5.57 Å². The molecule has 0 bridgehead atoms. The van der Waals surface area contributed by atoms with Gasteiger partial charge >= 0.3 is 0 Å². The number of benzene rings is 1. The van der Waals surface area contributed by atoms with Crippen LogP contribution in [0.1, 0.15) is 5.69 Å². The molecule has 0 atom stereocenters. The van der Waals surface area contributed by atoms with Crippen molar-refractivity contribution in [2.75, 3.05) is 0 Å². The van der Waals surface area contributed by atoms with Gasteiger partial charge < -0.3 is 5.11 Å². The zero-order chi connectivity index (χ0) is 10.7. The van der Waals surface area contributed by atoms with Gasteiger partial charge in [0, 0.05) is 5.57 Å². The van der Waals surface area contributed by atoms with Gasteiger partial charge in [-0.15, -0.1) is 6.26 Å². The fraction of sp³-hybridized carbons (Fsp3) is 0. The number of hydrogen-bond acceptors (Lipinski definition) is 4. The van der Waals surface area contributed by atoms with Crippen LogP contribution in [0.2, 0.25) is 0 Å². The van der Waals surface area contributed by atoms with Crippen LogP contribution in [-0.4, -0.2) is 16.3 Å². The van der Waals surface area contributed by atoms with Gasteiger partial charge in [0.1, 0.15) is 0 Å². The highest BCUT2D eigenvalue weighted by atomic mass is 16.2. The molecule has 2 rings (SSSR count). The predicted molar refractivity (Wildman–Crippen MR) is 53.6 cm³/mol. The summed E-state index contributed by atoms with van der Waals surface area (Å²) < 4.78 is 0. The Balaban J connectivity index is 2.61. The van der Waals surface area contributed by atoms with Crippen LogP contribution < -0.4 is 5.11 Å². The topological polar surface area (TPSA) is 65.9 Å². The molecule has 0 saturated heterocycles. The number of fused-ring (bicyclic) bond motifs is 1. The van der Waals surface area contributed by atoms with Crippen molar-refractivity contribution in [2.45, 2.75) is 0 Å². The molecule has 2 aromatic rings. The molecule has 0 aliphatic rings. The SMILES string of the molecule is O=C/C(=C\[O-])c1cnc2ccccc2n1. The lowest BCUT2D eigenvalue weighted by atomic mass is 10.2. The summed E-state index contributed by atoms with van der Waals surface area (Å²) in [6, 6.07) is 7.26. The largest absolute Gasteiger partial charge is 0.877 e. The third kappa shape index (κ3) is 1.69. The average molecular weight is 199 g/mol. The monoisotopic (exact) mass is 199 g/mol. The maximum Gasteiger partial charge on any atom is 0.151 e. The number of allylic oxidation sites excluding steroid dienone is 1. The number of nitrogens with zero attached hydrogens (tertiary/aromatic N) is 2. The average Bonchev–Trinajstić information content (AvgIpc) is 2.30. The van der Waals surface area contributed by atoms with Crippen LogP contribution in [0.4, 0.5) is 0 Å². The van der Waals surface area contributed by atoms with E-state index >= 15 is 0 Å². The summed E-state index contributed by atoms with van der Waals surface area (Å²) in [5, 5.41) is 10.5. The fourth-order valence-electron chi connectivity index (χ4n) is 1.24. The first-order valence-corrected chi connectivity index (χ1v) is 4.34. The van der Waals surface area contributed by atoms with Crippen molar-refractivity contribution in [3.63, 3.8) is 0 Å². The first-order chi connectivity index (χ1) is 7.35. The number of carbonyl (C=O) groups is 1. The molecular weight excluding hydrogens is 192 g/mol. The Bertz CT molecular complexity index is 535. The van der Waals surface area contributed by atoms with Gasteiger partial charge in [0.25, 0.3) is 0 Å². The van der Waals surface area contributed by atoms with Crippen LogP contribution in [0, 0.1) is 0 Å². The first kappa shape index (κ1) is 9.33. The molecule has 0 spiro atoms. The van der Waals surface area contributed by atoms with Crippen molar-refractivity contribution in [3.8, 4) is 0 Å². The molecule has 0 aliphatic heterocycles. The Kier molecular flexibility index (Phi) is 2.41. The number of para-hydroxylation sites is 2. The number of hydrogen-bond donors (Lipinski definition) is 0. The second-order valence-electron chi connectivity index (χ2n) is 2.94. The minimum Gasteiger partial charge on any atom is -0.877 e. The van der Waals surface area contributed by atoms with E-state index in [4.69, 9.17) is 0 Å². The van der Waals surface area contributed by atoms with E-state index < -0.39 is 0 Å². The third-order valence-corrected chi connectivity index (χ3v) is 2.00. The molecule has 15 heavy (non-hydrogen) atoms. The molecule has 0 N–H and O–H groups in total. The fourth-order valence-corrected chi connectivity index (χ4v) is 1.24. The van der Waals surface area contributed by atoms with Crippen LogP contribution in [0.3, 0.4) is 0 Å². The van der Waals surface area contributed by atoms with E-state index in [0.717, 1.165) is 5.52 Å². The Hall–Kier alpha value is -2.23. The third-order valence-electron chi connectivity index (χ3n) is 2.00. The van der Waals surface area contributed by atoms with Crippen molar-refractivity contribution < 1.29 is 9.90 Å². The van der Waals surface area contributed by atoms with Crippen molar-refractivity contribution in [1.82, 2.24) is 9.97 Å². The second-order valence-corrected chi connectivity index (χ2v) is 2.94. The van der Waals surface area contributed by atoms with Gasteiger partial charge in [0.2, 0.25) is 0 Å². The smallest absolute Gasteiger partial charge is 0.151 e. The molecular formula is C11H7N2O2-. The molecule has 1 aromatic carbocycles. The predicted octanol–water partition coefficient (Wildman–Crippen LogP) is 0.530. The van der Waals surface area contributed by atoms with Crippen molar-refractivity contribution in [2.24, 2.45) is 0 Å². The normalized spacial score (nSPS) is 11.6. The van der Waals surface area contributed by atoms with E-state index in [2.05, 4.69) is 9.97 Å². The van der Waals surface area contributed by atoms with Crippen molar-refractivity contribution in [1.29, 1.82) is 0 Å². The standard InChI is InChI=1S/C11H8N2O2/c14-6-8(7-15)11-5-12-9-3-1-2-4-10(9)13-11/h1-7,14H/p-1/b8-6+. The number of aldehydes is 1. The van der Waals surface area contributed by atoms with Crippen LogP contribution in [0.15, 0.2) is 36.7 Å². The van der Waals surface area contributed by atoms with Crippen LogP contribution in [0.5, 0.6) is 0 Å². The van der Waals surface area contributed by atoms with Gasteiger partial charge in [-0.05, 0) is 12.1 Å². The van der Waals surface area contributed by atoms with E-state index in [1.807, 2.05) is 18.2 Å². The van der Waals surface area contributed by atoms with E-state index in [9.17, 15) is 9.90 Å². The Labute approximate surface area is 85.9 Å². The minimum absolute atomic E-state index is 0.00764. The highest BCUT2D eigenvalue weighted by Gasteiger charge is 2.01. The summed E-state index contributed by atoms with van der Waals surface area (Å²) in [6.45, 7) is 0. The molecule has 0 saturated carbocycles. The lowest BCUT2D eigenvalue weighted by Gasteiger charge is -2.02. The van der Waals surface area contributed by atoms with Crippen LogP contribution in [0.25, 0.3) is 16.6 Å². The van der Waals surface area contributed by atoms with Crippen LogP contribution in [-0.2, 0) is 4.79 Å². The Morgan fingerprint density at radius 2 is 2.00 bits per heavy atom. The molecule has 1 heterocycles. The first-order valence-electron chi connectivity index (χ1n) is 4.34. The molecule has 1 aromatic heterocycles. The molecule has 0 aliphatic carbocycles. The number of aromatic nitrogens is 2. The van der Waals surface area contributed by atoms with E-state index in [1.54, 1.807) is 6.07 Å². The summed E-state index contributed by atoms with van der Waals surface area (Å²) in [7, 11) is 0. The molecule has 0 amide bonds. The maximum absolute atomic E-state index is 10.5. The van der Waals surface area contributed by atoms with Gasteiger partial charge in [-0.3, -0.25) is 9.78 Å². The Morgan fingerprint density at radius 3 is 2.67 bits per heavy atom. The van der Waals surface area contributed by atoms with Crippen LogP contribution >= 0.6 is 0 Å². The molecule has 4 nitrogen and oxygen atoms in total. The summed E-state index contributed by atoms with van der Waals surface area (Å²) in [6.07, 6.45) is 2.37. The summed E-state index contributed by atoms with van der Waals surface area (Å²) in [5.41, 5.74) is 1.71. The van der Waals surface area contributed by atoms with Gasteiger partial charge in [0.05, 0.1) is 22.9 Å². The number of carbonyl (C=O) groups excluding carboxylic acids is 1. The maximum atomic E-state index is 10.5. The molecule has 0 fully saturated rings. The van der Waals surface area contributed by atoms with Crippen molar-refractivity contribution >= 4 is 22.9 Å². The number of rotatable bonds is 2. The summed E-state index contributed by atoms with van der Waals surface area (Å²) >= 11 is 0. The minimum atomic E-state index is 0.00764. The quantitative estimate of drug-likeness (QED) is 0.402. The van der Waals surface area contributed by atoms with Gasteiger partial charge in [-0.1, -0.05) is 12.1 Å². The van der Waals surface area contributed by atoms with Crippen molar-refractivity contribution in [3.05, 3.63) is 42.4 Å². The molecule has 74 valence electrons. The summed E-state index contributed by atoms with van der Waals surface area (Å²) in [4.78, 5) is 18.8. The highest BCUT2D eigenvalue weighted by Crippen LogP contribution is 2.12. The molecule has 0 unspecified atom stereocenters. The highest BCUT2D eigenvalue weighted by molar-refractivity contribution is 6.05.